The van der Waals surface area contributed by atoms with Crippen LogP contribution in [0.5, 0.6) is 5.75 Å². The minimum Gasteiger partial charge on any atom is -0.497 e. The summed E-state index contributed by atoms with van der Waals surface area (Å²) in [6.45, 7) is 4.89. The third kappa shape index (κ3) is 4.06. The number of carbonyl (C=O) groups is 1. The summed E-state index contributed by atoms with van der Waals surface area (Å²) >= 11 is 7.31. The molecule has 8 heteroatoms. The average molecular weight is 429 g/mol. The molecular formula is C21H21ClN4O2S. The number of piperazine rings is 1. The zero-order valence-electron chi connectivity index (χ0n) is 16.3. The van der Waals surface area contributed by atoms with E-state index in [1.54, 1.807) is 7.11 Å². The molecule has 0 aliphatic carbocycles. The predicted molar refractivity (Wildman–Crippen MR) is 116 cm³/mol. The highest BCUT2D eigenvalue weighted by Crippen LogP contribution is 2.29. The van der Waals surface area contributed by atoms with Gasteiger partial charge in [0.25, 0.3) is 5.91 Å². The summed E-state index contributed by atoms with van der Waals surface area (Å²) in [5, 5.41) is 4.92. The van der Waals surface area contributed by atoms with Crippen LogP contribution in [-0.4, -0.2) is 53.7 Å². The standard InChI is InChI=1S/C21H21ClN4O2S/c1-14-3-6-16(22)13-18(14)25-9-11-26(12-10-25)21(27)20-19(23-24-29-20)15-4-7-17(28-2)8-5-15/h3-8,13H,9-12H2,1-2H3. The molecule has 0 N–H and O–H groups in total. The number of nitrogens with zero attached hydrogens (tertiary/aromatic N) is 4. The number of benzene rings is 2. The van der Waals surface area contributed by atoms with Crippen molar-refractivity contribution in [1.82, 2.24) is 14.5 Å². The van der Waals surface area contributed by atoms with Crippen molar-refractivity contribution in [1.29, 1.82) is 0 Å². The van der Waals surface area contributed by atoms with E-state index in [1.165, 1.54) is 5.56 Å². The molecule has 4 rings (SSSR count). The third-order valence-corrected chi connectivity index (χ3v) is 6.07. The summed E-state index contributed by atoms with van der Waals surface area (Å²) in [7, 11) is 1.62. The Labute approximate surface area is 178 Å². The van der Waals surface area contributed by atoms with Gasteiger partial charge in [-0.1, -0.05) is 22.2 Å². The highest BCUT2D eigenvalue weighted by Gasteiger charge is 2.27. The van der Waals surface area contributed by atoms with Crippen LogP contribution in [0.2, 0.25) is 5.02 Å². The van der Waals surface area contributed by atoms with E-state index in [9.17, 15) is 4.79 Å². The Bertz CT molecular complexity index is 1010. The Balaban J connectivity index is 1.48. The van der Waals surface area contributed by atoms with Crippen LogP contribution >= 0.6 is 23.1 Å². The Morgan fingerprint density at radius 3 is 2.52 bits per heavy atom. The van der Waals surface area contributed by atoms with Crippen molar-refractivity contribution in [2.75, 3.05) is 38.2 Å². The molecule has 3 aromatic rings. The van der Waals surface area contributed by atoms with Crippen molar-refractivity contribution in [2.24, 2.45) is 0 Å². The van der Waals surface area contributed by atoms with Crippen LogP contribution in [-0.2, 0) is 0 Å². The lowest BCUT2D eigenvalue weighted by Gasteiger charge is -2.36. The zero-order chi connectivity index (χ0) is 20.4. The number of hydrogen-bond donors (Lipinski definition) is 0. The molecule has 1 amide bonds. The number of hydrogen-bond acceptors (Lipinski definition) is 6. The molecule has 0 unspecified atom stereocenters. The first-order valence-corrected chi connectivity index (χ1v) is 10.5. The lowest BCUT2D eigenvalue weighted by Crippen LogP contribution is -2.49. The summed E-state index contributed by atoms with van der Waals surface area (Å²) in [5.74, 6) is 0.741. The number of ether oxygens (including phenoxy) is 1. The van der Waals surface area contributed by atoms with Crippen LogP contribution in [0.25, 0.3) is 11.3 Å². The minimum atomic E-state index is -0.0201. The highest BCUT2D eigenvalue weighted by atomic mass is 35.5. The van der Waals surface area contributed by atoms with E-state index in [1.807, 2.05) is 47.4 Å². The van der Waals surface area contributed by atoms with Crippen molar-refractivity contribution in [3.63, 3.8) is 0 Å². The van der Waals surface area contributed by atoms with Gasteiger partial charge in [0.05, 0.1) is 7.11 Å². The van der Waals surface area contributed by atoms with Gasteiger partial charge in [0.15, 0.2) is 0 Å². The summed E-state index contributed by atoms with van der Waals surface area (Å²) in [4.78, 5) is 17.9. The summed E-state index contributed by atoms with van der Waals surface area (Å²) in [6.07, 6.45) is 0. The maximum absolute atomic E-state index is 13.1. The molecule has 6 nitrogen and oxygen atoms in total. The van der Waals surface area contributed by atoms with E-state index in [0.717, 1.165) is 46.6 Å². The number of carbonyl (C=O) groups excluding carboxylic acids is 1. The monoisotopic (exact) mass is 428 g/mol. The van der Waals surface area contributed by atoms with Crippen LogP contribution in [0, 0.1) is 6.92 Å². The van der Waals surface area contributed by atoms with E-state index >= 15 is 0 Å². The van der Waals surface area contributed by atoms with Gasteiger partial charge in [-0.25, -0.2) is 0 Å². The maximum atomic E-state index is 13.1. The first-order chi connectivity index (χ1) is 14.1. The lowest BCUT2D eigenvalue weighted by molar-refractivity contribution is 0.0752. The summed E-state index contributed by atoms with van der Waals surface area (Å²) in [5.41, 5.74) is 3.79. The smallest absolute Gasteiger partial charge is 0.268 e. The van der Waals surface area contributed by atoms with Crippen molar-refractivity contribution in [2.45, 2.75) is 6.92 Å². The van der Waals surface area contributed by atoms with Gasteiger partial charge in [0.2, 0.25) is 0 Å². The number of methoxy groups -OCH3 is 1. The lowest BCUT2D eigenvalue weighted by atomic mass is 10.1. The van der Waals surface area contributed by atoms with Gasteiger partial charge >= 0.3 is 0 Å². The molecule has 2 aromatic carbocycles. The van der Waals surface area contributed by atoms with Crippen molar-refractivity contribution in [3.05, 3.63) is 57.9 Å². The second-order valence-corrected chi connectivity index (χ2v) is 8.08. The van der Waals surface area contributed by atoms with Gasteiger partial charge in [-0.2, -0.15) is 0 Å². The fourth-order valence-electron chi connectivity index (χ4n) is 3.49. The Hall–Kier alpha value is -2.64. The average Bonchev–Trinajstić information content (AvgIpc) is 3.25. The number of aromatic nitrogens is 2. The number of halogens is 1. The highest BCUT2D eigenvalue weighted by molar-refractivity contribution is 7.08. The van der Waals surface area contributed by atoms with Gasteiger partial charge < -0.3 is 14.5 Å². The molecule has 0 saturated carbocycles. The van der Waals surface area contributed by atoms with Gasteiger partial charge in [-0.3, -0.25) is 4.79 Å². The van der Waals surface area contributed by atoms with Crippen molar-refractivity contribution in [3.8, 4) is 17.0 Å². The van der Waals surface area contributed by atoms with Gasteiger partial charge in [-0.05, 0) is 60.4 Å². The van der Waals surface area contributed by atoms with Gasteiger partial charge in [0, 0.05) is 42.5 Å². The van der Waals surface area contributed by atoms with Crippen LogP contribution in [0.4, 0.5) is 5.69 Å². The molecule has 1 saturated heterocycles. The first-order valence-electron chi connectivity index (χ1n) is 9.34. The Morgan fingerprint density at radius 2 is 1.83 bits per heavy atom. The minimum absolute atomic E-state index is 0.0201. The number of rotatable bonds is 4. The second kappa shape index (κ2) is 8.39. The third-order valence-electron chi connectivity index (χ3n) is 5.12. The molecule has 1 fully saturated rings. The number of aryl methyl sites for hydroxylation is 1. The number of amides is 1. The normalized spacial score (nSPS) is 14.2. The first kappa shape index (κ1) is 19.7. The van der Waals surface area contributed by atoms with Crippen LogP contribution in [0.1, 0.15) is 15.2 Å². The molecule has 150 valence electrons. The topological polar surface area (TPSA) is 58.6 Å². The van der Waals surface area contributed by atoms with E-state index in [-0.39, 0.29) is 5.91 Å². The van der Waals surface area contributed by atoms with Crippen molar-refractivity contribution < 1.29 is 9.53 Å². The Morgan fingerprint density at radius 1 is 1.10 bits per heavy atom. The van der Waals surface area contributed by atoms with Crippen LogP contribution in [0.15, 0.2) is 42.5 Å². The molecule has 1 aliphatic rings. The quantitative estimate of drug-likeness (QED) is 0.625. The fraction of sp³-hybridized carbons (Fsp3) is 0.286. The van der Waals surface area contributed by atoms with E-state index < -0.39 is 0 Å². The molecule has 0 bridgehead atoms. The maximum Gasteiger partial charge on any atom is 0.268 e. The molecule has 0 radical (unpaired) electrons. The zero-order valence-corrected chi connectivity index (χ0v) is 17.8. The van der Waals surface area contributed by atoms with Gasteiger partial charge in [0.1, 0.15) is 16.3 Å². The molecule has 1 aliphatic heterocycles. The fourth-order valence-corrected chi connectivity index (χ4v) is 4.31. The molecular weight excluding hydrogens is 408 g/mol. The van der Waals surface area contributed by atoms with E-state index in [2.05, 4.69) is 21.4 Å². The van der Waals surface area contributed by atoms with Gasteiger partial charge in [-0.15, -0.1) is 5.10 Å². The summed E-state index contributed by atoms with van der Waals surface area (Å²) < 4.78 is 9.23. The molecule has 1 aromatic heterocycles. The largest absolute Gasteiger partial charge is 0.497 e. The van der Waals surface area contributed by atoms with E-state index in [0.29, 0.717) is 23.7 Å². The Kier molecular flexibility index (Phi) is 5.69. The molecule has 0 atom stereocenters. The van der Waals surface area contributed by atoms with Crippen LogP contribution < -0.4 is 9.64 Å². The SMILES string of the molecule is COc1ccc(-c2nnsc2C(=O)N2CCN(c3cc(Cl)ccc3C)CC2)cc1. The number of anilines is 1. The predicted octanol–water partition coefficient (Wildman–Crippen LogP) is 4.14. The second-order valence-electron chi connectivity index (χ2n) is 6.89. The van der Waals surface area contributed by atoms with Crippen molar-refractivity contribution >= 4 is 34.7 Å². The molecule has 0 spiro atoms. The van der Waals surface area contributed by atoms with E-state index in [4.69, 9.17) is 16.3 Å². The molecule has 29 heavy (non-hydrogen) atoms. The van der Waals surface area contributed by atoms with Crippen LogP contribution in [0.3, 0.4) is 0 Å². The summed E-state index contributed by atoms with van der Waals surface area (Å²) in [6, 6.07) is 13.4. The molecule has 2 heterocycles.